The summed E-state index contributed by atoms with van der Waals surface area (Å²) in [5, 5.41) is 9.22. The van der Waals surface area contributed by atoms with Gasteiger partial charge in [-0.3, -0.25) is 0 Å². The molecule has 0 aliphatic rings. The topological polar surface area (TPSA) is 37.3 Å². The third-order valence-electron chi connectivity index (χ3n) is 4.26. The molecule has 0 spiro atoms. The standard InChI is InChI=1S/C20H24O2/c1-3-4-8-17-9-5-6-10-18(17)14-13-16-11-7-12-19(15(16)2)20(21)22/h5-7,9-12H,3-4,8,13-14H2,1-2H3,(H,21,22). The molecule has 2 heteroatoms. The van der Waals surface area contributed by atoms with E-state index in [-0.39, 0.29) is 0 Å². The van der Waals surface area contributed by atoms with Crippen LogP contribution in [0.3, 0.4) is 0 Å². The lowest BCUT2D eigenvalue weighted by atomic mass is 9.94. The van der Waals surface area contributed by atoms with E-state index in [0.717, 1.165) is 30.4 Å². The van der Waals surface area contributed by atoms with Gasteiger partial charge in [-0.2, -0.15) is 0 Å². The molecule has 0 atom stereocenters. The first kappa shape index (κ1) is 16.3. The zero-order chi connectivity index (χ0) is 15.9. The van der Waals surface area contributed by atoms with Gasteiger partial charge in [0.15, 0.2) is 0 Å². The van der Waals surface area contributed by atoms with Gasteiger partial charge in [-0.15, -0.1) is 0 Å². The maximum Gasteiger partial charge on any atom is 0.335 e. The number of hydrogen-bond donors (Lipinski definition) is 1. The van der Waals surface area contributed by atoms with Crippen molar-refractivity contribution >= 4 is 5.97 Å². The molecular weight excluding hydrogens is 272 g/mol. The predicted octanol–water partition coefficient (Wildman–Crippen LogP) is 4.82. The smallest absolute Gasteiger partial charge is 0.335 e. The second-order valence-corrected chi connectivity index (χ2v) is 5.77. The van der Waals surface area contributed by atoms with E-state index >= 15 is 0 Å². The molecule has 0 bridgehead atoms. The van der Waals surface area contributed by atoms with Crippen LogP contribution in [-0.4, -0.2) is 11.1 Å². The lowest BCUT2D eigenvalue weighted by Gasteiger charge is -2.11. The monoisotopic (exact) mass is 296 g/mol. The molecule has 0 aliphatic carbocycles. The van der Waals surface area contributed by atoms with Crippen molar-refractivity contribution in [3.63, 3.8) is 0 Å². The summed E-state index contributed by atoms with van der Waals surface area (Å²) in [5.74, 6) is -0.845. The number of benzene rings is 2. The lowest BCUT2D eigenvalue weighted by Crippen LogP contribution is -2.04. The molecule has 0 saturated carbocycles. The van der Waals surface area contributed by atoms with Gasteiger partial charge < -0.3 is 5.11 Å². The normalized spacial score (nSPS) is 10.6. The van der Waals surface area contributed by atoms with Crippen LogP contribution >= 0.6 is 0 Å². The van der Waals surface area contributed by atoms with Gasteiger partial charge in [-0.05, 0) is 60.9 Å². The third-order valence-corrected chi connectivity index (χ3v) is 4.26. The van der Waals surface area contributed by atoms with Crippen LogP contribution in [0.25, 0.3) is 0 Å². The molecule has 0 unspecified atom stereocenters. The number of carbonyl (C=O) groups is 1. The first-order chi connectivity index (χ1) is 10.6. The van der Waals surface area contributed by atoms with E-state index in [4.69, 9.17) is 0 Å². The first-order valence-electron chi connectivity index (χ1n) is 8.02. The fourth-order valence-corrected chi connectivity index (χ4v) is 2.87. The number of carboxylic acid groups (broad SMARTS) is 1. The Morgan fingerprint density at radius 1 is 0.909 bits per heavy atom. The molecule has 2 rings (SSSR count). The summed E-state index contributed by atoms with van der Waals surface area (Å²) in [4.78, 5) is 11.2. The summed E-state index contributed by atoms with van der Waals surface area (Å²) < 4.78 is 0. The Morgan fingerprint density at radius 2 is 1.50 bits per heavy atom. The molecule has 1 N–H and O–H groups in total. The van der Waals surface area contributed by atoms with Crippen LogP contribution in [0.2, 0.25) is 0 Å². The molecule has 0 amide bonds. The minimum atomic E-state index is -0.845. The quantitative estimate of drug-likeness (QED) is 0.795. The summed E-state index contributed by atoms with van der Waals surface area (Å²) in [6.45, 7) is 4.12. The van der Waals surface area contributed by atoms with Gasteiger partial charge in [0.1, 0.15) is 0 Å². The Morgan fingerprint density at radius 3 is 2.14 bits per heavy atom. The average molecular weight is 296 g/mol. The van der Waals surface area contributed by atoms with Crippen molar-refractivity contribution in [2.24, 2.45) is 0 Å². The maximum atomic E-state index is 11.2. The number of aromatic carboxylic acids is 1. The molecule has 0 radical (unpaired) electrons. The molecule has 0 fully saturated rings. The second kappa shape index (κ2) is 7.79. The van der Waals surface area contributed by atoms with E-state index in [0.29, 0.717) is 5.56 Å². The molecule has 0 heterocycles. The van der Waals surface area contributed by atoms with Gasteiger partial charge in [-0.25, -0.2) is 4.79 Å². The Labute approximate surface area is 132 Å². The van der Waals surface area contributed by atoms with Crippen LogP contribution in [-0.2, 0) is 19.3 Å². The molecule has 0 aliphatic heterocycles. The van der Waals surface area contributed by atoms with Gasteiger partial charge in [0, 0.05) is 0 Å². The number of rotatable bonds is 7. The predicted molar refractivity (Wildman–Crippen MR) is 90.6 cm³/mol. The van der Waals surface area contributed by atoms with Gasteiger partial charge in [0.25, 0.3) is 0 Å². The van der Waals surface area contributed by atoms with Crippen LogP contribution in [0.1, 0.15) is 52.4 Å². The zero-order valence-corrected chi connectivity index (χ0v) is 13.4. The van der Waals surface area contributed by atoms with Crippen molar-refractivity contribution < 1.29 is 9.90 Å². The number of aryl methyl sites for hydroxylation is 3. The summed E-state index contributed by atoms with van der Waals surface area (Å²) in [7, 11) is 0. The minimum absolute atomic E-state index is 0.414. The number of unbranched alkanes of at least 4 members (excludes halogenated alkanes) is 1. The Bertz CT molecular complexity index is 644. The summed E-state index contributed by atoms with van der Waals surface area (Å²) in [5.41, 5.74) is 5.25. The van der Waals surface area contributed by atoms with Crippen LogP contribution in [0.4, 0.5) is 0 Å². The van der Waals surface area contributed by atoms with E-state index < -0.39 is 5.97 Å². The van der Waals surface area contributed by atoms with Crippen molar-refractivity contribution in [2.75, 3.05) is 0 Å². The van der Waals surface area contributed by atoms with Crippen LogP contribution < -0.4 is 0 Å². The molecule has 0 saturated heterocycles. The highest BCUT2D eigenvalue weighted by Gasteiger charge is 2.10. The summed E-state index contributed by atoms with van der Waals surface area (Å²) >= 11 is 0. The van der Waals surface area contributed by atoms with E-state index in [1.54, 1.807) is 6.07 Å². The molecule has 2 aromatic rings. The third kappa shape index (κ3) is 3.97. The van der Waals surface area contributed by atoms with Gasteiger partial charge >= 0.3 is 5.97 Å². The van der Waals surface area contributed by atoms with Crippen molar-refractivity contribution in [1.82, 2.24) is 0 Å². The van der Waals surface area contributed by atoms with E-state index in [2.05, 4.69) is 31.2 Å². The van der Waals surface area contributed by atoms with E-state index in [1.165, 1.54) is 24.0 Å². The molecule has 2 aromatic carbocycles. The molecule has 22 heavy (non-hydrogen) atoms. The molecule has 116 valence electrons. The highest BCUT2D eigenvalue weighted by molar-refractivity contribution is 5.89. The van der Waals surface area contributed by atoms with Gasteiger partial charge in [-0.1, -0.05) is 49.7 Å². The van der Waals surface area contributed by atoms with Crippen molar-refractivity contribution in [3.05, 3.63) is 70.3 Å². The van der Waals surface area contributed by atoms with Gasteiger partial charge in [0.05, 0.1) is 5.56 Å². The zero-order valence-electron chi connectivity index (χ0n) is 13.4. The lowest BCUT2D eigenvalue weighted by molar-refractivity contribution is 0.0696. The minimum Gasteiger partial charge on any atom is -0.478 e. The molecule has 2 nitrogen and oxygen atoms in total. The average Bonchev–Trinajstić information content (AvgIpc) is 2.52. The van der Waals surface area contributed by atoms with E-state index in [1.807, 2.05) is 19.1 Å². The van der Waals surface area contributed by atoms with Crippen LogP contribution in [0.15, 0.2) is 42.5 Å². The number of carboxylic acids is 1. The summed E-state index contributed by atoms with van der Waals surface area (Å²) in [6.07, 6.45) is 5.39. The van der Waals surface area contributed by atoms with Crippen LogP contribution in [0.5, 0.6) is 0 Å². The summed E-state index contributed by atoms with van der Waals surface area (Å²) in [6, 6.07) is 14.2. The Balaban J connectivity index is 2.14. The van der Waals surface area contributed by atoms with Crippen LogP contribution in [0, 0.1) is 6.92 Å². The highest BCUT2D eigenvalue weighted by atomic mass is 16.4. The molecule has 0 aromatic heterocycles. The van der Waals surface area contributed by atoms with Crippen molar-refractivity contribution in [1.29, 1.82) is 0 Å². The van der Waals surface area contributed by atoms with Gasteiger partial charge in [0.2, 0.25) is 0 Å². The van der Waals surface area contributed by atoms with Crippen molar-refractivity contribution in [3.8, 4) is 0 Å². The Kier molecular flexibility index (Phi) is 5.76. The second-order valence-electron chi connectivity index (χ2n) is 5.77. The first-order valence-corrected chi connectivity index (χ1v) is 8.02. The van der Waals surface area contributed by atoms with Crippen molar-refractivity contribution in [2.45, 2.75) is 46.0 Å². The van der Waals surface area contributed by atoms with E-state index in [9.17, 15) is 9.90 Å². The fourth-order valence-electron chi connectivity index (χ4n) is 2.87. The number of hydrogen-bond acceptors (Lipinski definition) is 1. The largest absolute Gasteiger partial charge is 0.478 e. The highest BCUT2D eigenvalue weighted by Crippen LogP contribution is 2.19. The Hall–Kier alpha value is -2.09. The molecular formula is C20H24O2. The SMILES string of the molecule is CCCCc1ccccc1CCc1cccc(C(=O)O)c1C. The fraction of sp³-hybridized carbons (Fsp3) is 0.350. The maximum absolute atomic E-state index is 11.2.